The Morgan fingerprint density at radius 1 is 1.06 bits per heavy atom. The first kappa shape index (κ1) is 20.1. The van der Waals surface area contributed by atoms with Crippen molar-refractivity contribution in [1.82, 2.24) is 15.2 Å². The maximum absolute atomic E-state index is 4.05. The number of hydrogen-bond donors (Lipinski definition) is 1. The molecule has 0 radical (unpaired) electrons. The summed E-state index contributed by atoms with van der Waals surface area (Å²) in [5.74, 6) is 1.51. The zero-order valence-electron chi connectivity index (χ0n) is 11.8. The average molecular weight is 225 g/mol. The van der Waals surface area contributed by atoms with Crippen molar-refractivity contribution < 1.29 is 0 Å². The fourth-order valence-electron chi connectivity index (χ4n) is 0.589. The number of H-pyrrole nitrogens is 1. The summed E-state index contributed by atoms with van der Waals surface area (Å²) in [5, 5.41) is 6.61. The number of hydrogen-bond acceptors (Lipinski definition) is 2. The van der Waals surface area contributed by atoms with Crippen LogP contribution in [-0.2, 0) is 0 Å². The van der Waals surface area contributed by atoms with Crippen LogP contribution < -0.4 is 0 Å². The van der Waals surface area contributed by atoms with Crippen molar-refractivity contribution in [3.63, 3.8) is 0 Å². The van der Waals surface area contributed by atoms with Crippen molar-refractivity contribution in [3.05, 3.63) is 30.4 Å². The Morgan fingerprint density at radius 2 is 1.56 bits per heavy atom. The van der Waals surface area contributed by atoms with Gasteiger partial charge in [0, 0.05) is 0 Å². The van der Waals surface area contributed by atoms with E-state index in [9.17, 15) is 0 Å². The lowest BCUT2D eigenvalue weighted by Gasteiger charge is -1.74. The van der Waals surface area contributed by atoms with Gasteiger partial charge in [0.05, 0.1) is 0 Å². The number of aryl methyl sites for hydroxylation is 1. The lowest BCUT2D eigenvalue weighted by atomic mass is 10.5. The highest BCUT2D eigenvalue weighted by Crippen LogP contribution is 1.92. The fourth-order valence-corrected chi connectivity index (χ4v) is 0.589. The standard InChI is InChI=1S/C7H9N3.3C2H6/c1-3-4-5-7-8-6(2)9-10-7;3*1-2/h3-5H,1H2,2H3,(H,8,9,10);3*1-2H3/b5-4-;;;. The number of rotatable bonds is 2. The molecule has 0 bridgehead atoms. The molecule has 16 heavy (non-hydrogen) atoms. The number of aromatic amines is 1. The Bertz CT molecular complexity index is 249. The first-order valence-electron chi connectivity index (χ1n) is 6.01. The molecule has 3 nitrogen and oxygen atoms in total. The van der Waals surface area contributed by atoms with E-state index in [-0.39, 0.29) is 0 Å². The number of nitrogens with one attached hydrogen (secondary N) is 1. The van der Waals surface area contributed by atoms with Crippen molar-refractivity contribution in [2.24, 2.45) is 0 Å². The van der Waals surface area contributed by atoms with Gasteiger partial charge in [0.1, 0.15) is 5.82 Å². The average Bonchev–Trinajstić information content (AvgIpc) is 2.80. The molecule has 0 aliphatic heterocycles. The van der Waals surface area contributed by atoms with Crippen LogP contribution in [-0.4, -0.2) is 15.2 Å². The van der Waals surface area contributed by atoms with Gasteiger partial charge in [-0.3, -0.25) is 5.10 Å². The van der Waals surface area contributed by atoms with Gasteiger partial charge in [0.15, 0.2) is 5.82 Å². The van der Waals surface area contributed by atoms with Crippen LogP contribution in [0, 0.1) is 6.92 Å². The maximum Gasteiger partial charge on any atom is 0.173 e. The molecule has 3 heteroatoms. The molecule has 0 fully saturated rings. The normalized spacial score (nSPS) is 7.69. The van der Waals surface area contributed by atoms with Crippen LogP contribution in [0.4, 0.5) is 0 Å². The van der Waals surface area contributed by atoms with E-state index in [4.69, 9.17) is 0 Å². The number of allylic oxidation sites excluding steroid dienone is 2. The third kappa shape index (κ3) is 12.6. The van der Waals surface area contributed by atoms with E-state index in [0.29, 0.717) is 5.82 Å². The summed E-state index contributed by atoms with van der Waals surface area (Å²) < 4.78 is 0. The third-order valence-electron chi connectivity index (χ3n) is 0.996. The van der Waals surface area contributed by atoms with E-state index >= 15 is 0 Å². The lowest BCUT2D eigenvalue weighted by molar-refractivity contribution is 1.03. The van der Waals surface area contributed by atoms with E-state index in [1.807, 2.05) is 48.5 Å². The zero-order chi connectivity index (χ0) is 13.4. The van der Waals surface area contributed by atoms with Crippen LogP contribution >= 0.6 is 0 Å². The first-order valence-corrected chi connectivity index (χ1v) is 6.01. The molecule has 0 atom stereocenters. The second-order valence-electron chi connectivity index (χ2n) is 1.87. The highest BCUT2D eigenvalue weighted by molar-refractivity contribution is 5.41. The molecule has 0 unspecified atom stereocenters. The number of aromatic nitrogens is 3. The molecular formula is C13H27N3. The summed E-state index contributed by atoms with van der Waals surface area (Å²) in [6.07, 6.45) is 5.27. The lowest BCUT2D eigenvalue weighted by Crippen LogP contribution is -1.72. The minimum Gasteiger partial charge on any atom is -0.263 e. The minimum atomic E-state index is 0.692. The summed E-state index contributed by atoms with van der Waals surface area (Å²) in [6.45, 7) is 17.4. The molecule has 1 heterocycles. The van der Waals surface area contributed by atoms with Gasteiger partial charge in [-0.15, -0.1) is 0 Å². The summed E-state index contributed by atoms with van der Waals surface area (Å²) in [7, 11) is 0. The molecule has 1 aromatic rings. The van der Waals surface area contributed by atoms with Gasteiger partial charge >= 0.3 is 0 Å². The van der Waals surface area contributed by atoms with Gasteiger partial charge in [-0.05, 0) is 13.0 Å². The first-order chi connectivity index (χ1) is 7.83. The van der Waals surface area contributed by atoms with Gasteiger partial charge in [-0.1, -0.05) is 60.3 Å². The Labute approximate surface area is 101 Å². The van der Waals surface area contributed by atoms with E-state index in [1.54, 1.807) is 18.2 Å². The molecule has 94 valence electrons. The highest BCUT2D eigenvalue weighted by atomic mass is 15.2. The van der Waals surface area contributed by atoms with Gasteiger partial charge in [-0.25, -0.2) is 4.98 Å². The molecule has 1 N–H and O–H groups in total. The van der Waals surface area contributed by atoms with Crippen LogP contribution in [0.5, 0.6) is 0 Å². The van der Waals surface area contributed by atoms with Gasteiger partial charge in [-0.2, -0.15) is 5.10 Å². The Kier molecular flexibility index (Phi) is 24.1. The molecule has 0 spiro atoms. The quantitative estimate of drug-likeness (QED) is 0.758. The molecule has 0 aliphatic carbocycles. The molecule has 0 aliphatic rings. The second kappa shape index (κ2) is 19.2. The zero-order valence-corrected chi connectivity index (χ0v) is 11.8. The Morgan fingerprint density at radius 3 is 1.88 bits per heavy atom. The van der Waals surface area contributed by atoms with Gasteiger partial charge in [0.2, 0.25) is 0 Å². The molecular weight excluding hydrogens is 198 g/mol. The van der Waals surface area contributed by atoms with E-state index in [0.717, 1.165) is 5.82 Å². The summed E-state index contributed by atoms with van der Waals surface area (Å²) in [4.78, 5) is 4.05. The second-order valence-corrected chi connectivity index (χ2v) is 1.87. The van der Waals surface area contributed by atoms with Crippen LogP contribution in [0.15, 0.2) is 18.7 Å². The van der Waals surface area contributed by atoms with Crippen molar-refractivity contribution in [3.8, 4) is 0 Å². The molecule has 0 saturated carbocycles. The van der Waals surface area contributed by atoms with Crippen molar-refractivity contribution in [2.75, 3.05) is 0 Å². The summed E-state index contributed by atoms with van der Waals surface area (Å²) >= 11 is 0. The van der Waals surface area contributed by atoms with Crippen molar-refractivity contribution in [1.29, 1.82) is 0 Å². The van der Waals surface area contributed by atoms with E-state index in [1.165, 1.54) is 0 Å². The maximum atomic E-state index is 4.05. The largest absolute Gasteiger partial charge is 0.263 e. The van der Waals surface area contributed by atoms with Gasteiger partial charge in [0.25, 0.3) is 0 Å². The van der Waals surface area contributed by atoms with Crippen LogP contribution in [0.2, 0.25) is 0 Å². The van der Waals surface area contributed by atoms with E-state index in [2.05, 4.69) is 21.8 Å². The molecule has 1 aromatic heterocycles. The highest BCUT2D eigenvalue weighted by Gasteiger charge is 1.90. The van der Waals surface area contributed by atoms with Crippen molar-refractivity contribution in [2.45, 2.75) is 48.5 Å². The van der Waals surface area contributed by atoms with Gasteiger partial charge < -0.3 is 0 Å². The molecule has 0 aromatic carbocycles. The van der Waals surface area contributed by atoms with Crippen LogP contribution in [0.1, 0.15) is 53.2 Å². The summed E-state index contributed by atoms with van der Waals surface area (Å²) in [5.41, 5.74) is 0. The predicted octanol–water partition coefficient (Wildman–Crippen LogP) is 4.39. The predicted molar refractivity (Wildman–Crippen MR) is 74.4 cm³/mol. The topological polar surface area (TPSA) is 41.6 Å². The molecule has 0 saturated heterocycles. The van der Waals surface area contributed by atoms with E-state index < -0.39 is 0 Å². The monoisotopic (exact) mass is 225 g/mol. The third-order valence-corrected chi connectivity index (χ3v) is 0.996. The smallest absolute Gasteiger partial charge is 0.173 e. The minimum absolute atomic E-state index is 0.692. The fraction of sp³-hybridized carbons (Fsp3) is 0.538. The van der Waals surface area contributed by atoms with Crippen LogP contribution in [0.3, 0.4) is 0 Å². The summed E-state index contributed by atoms with van der Waals surface area (Å²) in [6, 6.07) is 0. The Balaban J connectivity index is -0.000000245. The molecule has 1 rings (SSSR count). The molecule has 0 amide bonds. The Hall–Kier alpha value is -1.38. The van der Waals surface area contributed by atoms with Crippen LogP contribution in [0.25, 0.3) is 6.08 Å². The van der Waals surface area contributed by atoms with Crippen molar-refractivity contribution >= 4 is 6.08 Å². The SMILES string of the molecule is C=C/C=C\c1n[nH]c(C)n1.CC.CC.CC. The number of nitrogens with zero attached hydrogens (tertiary/aromatic N) is 2.